The number of nitro groups is 1. The number of carbonyl (C=O) groups is 1. The van der Waals surface area contributed by atoms with Gasteiger partial charge in [-0.15, -0.1) is 0 Å². The maximum Gasteiger partial charge on any atom is 0.273 e. The van der Waals surface area contributed by atoms with E-state index in [9.17, 15) is 14.9 Å². The van der Waals surface area contributed by atoms with E-state index in [0.29, 0.717) is 36.3 Å². The van der Waals surface area contributed by atoms with Gasteiger partial charge in [0.05, 0.1) is 4.92 Å². The Morgan fingerprint density at radius 2 is 1.96 bits per heavy atom. The van der Waals surface area contributed by atoms with Crippen LogP contribution in [0, 0.1) is 10.1 Å². The number of carbonyl (C=O) groups excluding carboxylic acids is 1. The summed E-state index contributed by atoms with van der Waals surface area (Å²) in [5.74, 6) is -0.104. The second-order valence-corrected chi connectivity index (χ2v) is 7.92. The number of fused-ring (bicyclic) bond motifs is 2. The van der Waals surface area contributed by atoms with Gasteiger partial charge in [-0.2, -0.15) is 0 Å². The molecule has 2 aliphatic heterocycles. The van der Waals surface area contributed by atoms with Crippen LogP contribution in [0.3, 0.4) is 0 Å². The number of amides is 1. The van der Waals surface area contributed by atoms with E-state index in [1.807, 2.05) is 25.7 Å². The van der Waals surface area contributed by atoms with Crippen LogP contribution in [0.15, 0.2) is 18.2 Å². The third kappa shape index (κ3) is 3.29. The molecule has 0 aliphatic carbocycles. The van der Waals surface area contributed by atoms with Gasteiger partial charge in [-0.1, -0.05) is 26.8 Å². The number of rotatable bonds is 2. The highest BCUT2D eigenvalue weighted by Crippen LogP contribution is 2.32. The van der Waals surface area contributed by atoms with Gasteiger partial charge in [0.25, 0.3) is 11.6 Å². The smallest absolute Gasteiger partial charge is 0.273 e. The normalized spacial score (nSPS) is 23.9. The fourth-order valence-electron chi connectivity index (χ4n) is 3.76. The summed E-state index contributed by atoms with van der Waals surface area (Å²) in [4.78, 5) is 25.7. The molecule has 0 aromatic heterocycles. The van der Waals surface area contributed by atoms with Gasteiger partial charge in [0.1, 0.15) is 0 Å². The molecule has 3 rings (SSSR count). The molecule has 0 saturated carbocycles. The fourth-order valence-corrected chi connectivity index (χ4v) is 3.76. The molecule has 2 atom stereocenters. The predicted molar refractivity (Wildman–Crippen MR) is 92.3 cm³/mol. The number of nitrogens with zero attached hydrogens (tertiary/aromatic N) is 2. The van der Waals surface area contributed by atoms with E-state index < -0.39 is 0 Å². The van der Waals surface area contributed by atoms with Crippen LogP contribution >= 0.6 is 0 Å². The van der Waals surface area contributed by atoms with Crippen molar-refractivity contribution in [3.63, 3.8) is 0 Å². The minimum atomic E-state index is -0.386. The van der Waals surface area contributed by atoms with Crippen LogP contribution in [0.5, 0.6) is 0 Å². The molecule has 130 valence electrons. The van der Waals surface area contributed by atoms with Crippen LogP contribution < -0.4 is 5.32 Å². The summed E-state index contributed by atoms with van der Waals surface area (Å²) in [7, 11) is 0. The molecule has 1 aromatic carbocycles. The lowest BCUT2D eigenvalue weighted by atomic mass is 9.85. The summed E-state index contributed by atoms with van der Waals surface area (Å²) in [5, 5.41) is 15.0. The highest BCUT2D eigenvalue weighted by atomic mass is 16.6. The first kappa shape index (κ1) is 16.9. The van der Waals surface area contributed by atoms with Gasteiger partial charge in [0.2, 0.25) is 0 Å². The quantitative estimate of drug-likeness (QED) is 0.668. The van der Waals surface area contributed by atoms with Crippen LogP contribution in [0.4, 0.5) is 5.69 Å². The van der Waals surface area contributed by atoms with E-state index >= 15 is 0 Å². The van der Waals surface area contributed by atoms with Crippen LogP contribution in [0.1, 0.15) is 56.0 Å². The third-order valence-electron chi connectivity index (χ3n) is 5.06. The minimum Gasteiger partial charge on any atom is -0.337 e. The lowest BCUT2D eigenvalue weighted by Crippen LogP contribution is -2.39. The summed E-state index contributed by atoms with van der Waals surface area (Å²) >= 11 is 0. The molecular weight excluding hydrogens is 306 g/mol. The van der Waals surface area contributed by atoms with Gasteiger partial charge in [0, 0.05) is 42.4 Å². The average molecular weight is 331 g/mol. The first-order chi connectivity index (χ1) is 11.3. The summed E-state index contributed by atoms with van der Waals surface area (Å²) in [6, 6.07) is 5.76. The van der Waals surface area contributed by atoms with Gasteiger partial charge >= 0.3 is 0 Å². The molecule has 0 spiro atoms. The Morgan fingerprint density at radius 1 is 1.25 bits per heavy atom. The van der Waals surface area contributed by atoms with Crippen molar-refractivity contribution >= 4 is 11.6 Å². The number of nitrogens with one attached hydrogen (secondary N) is 1. The summed E-state index contributed by atoms with van der Waals surface area (Å²) < 4.78 is 0. The van der Waals surface area contributed by atoms with Crippen LogP contribution in [0.25, 0.3) is 0 Å². The van der Waals surface area contributed by atoms with Crippen molar-refractivity contribution in [1.82, 2.24) is 10.2 Å². The van der Waals surface area contributed by atoms with Gasteiger partial charge < -0.3 is 10.2 Å². The average Bonchev–Trinajstić information content (AvgIpc) is 2.84. The molecule has 1 N–H and O–H groups in total. The van der Waals surface area contributed by atoms with Gasteiger partial charge in [0.15, 0.2) is 0 Å². The number of likely N-dealkylation sites (tertiary alicyclic amines) is 1. The SMILES string of the molecule is CC(C)(C)c1ccc(C(=O)N2CCC3CCC(C2)N3)cc1[N+](=O)[O-]. The second kappa shape index (κ2) is 6.16. The Balaban J connectivity index is 1.87. The Kier molecular flexibility index (Phi) is 4.34. The van der Waals surface area contributed by atoms with Crippen molar-refractivity contribution in [3.8, 4) is 0 Å². The fraction of sp³-hybridized carbons (Fsp3) is 0.611. The molecule has 2 heterocycles. The third-order valence-corrected chi connectivity index (χ3v) is 5.06. The van der Waals surface area contributed by atoms with Gasteiger partial charge in [-0.25, -0.2) is 0 Å². The summed E-state index contributed by atoms with van der Waals surface area (Å²) in [5.41, 5.74) is 0.756. The molecule has 24 heavy (non-hydrogen) atoms. The van der Waals surface area contributed by atoms with E-state index in [0.717, 1.165) is 12.8 Å². The van der Waals surface area contributed by atoms with E-state index in [-0.39, 0.29) is 21.9 Å². The minimum absolute atomic E-state index is 0.0304. The zero-order chi connectivity index (χ0) is 17.5. The lowest BCUT2D eigenvalue weighted by molar-refractivity contribution is -0.386. The Bertz CT molecular complexity index is 666. The molecule has 2 unspecified atom stereocenters. The zero-order valence-electron chi connectivity index (χ0n) is 14.5. The Morgan fingerprint density at radius 3 is 2.62 bits per heavy atom. The molecule has 2 fully saturated rings. The highest BCUT2D eigenvalue weighted by molar-refractivity contribution is 5.95. The number of hydrogen-bond donors (Lipinski definition) is 1. The number of nitro benzene ring substituents is 1. The van der Waals surface area contributed by atoms with E-state index in [1.165, 1.54) is 12.5 Å². The first-order valence-electron chi connectivity index (χ1n) is 8.60. The van der Waals surface area contributed by atoms with E-state index in [4.69, 9.17) is 0 Å². The van der Waals surface area contributed by atoms with E-state index in [1.54, 1.807) is 12.1 Å². The van der Waals surface area contributed by atoms with Gasteiger partial charge in [-0.05, 0) is 30.7 Å². The molecule has 6 heteroatoms. The Hall–Kier alpha value is -1.95. The topological polar surface area (TPSA) is 75.5 Å². The van der Waals surface area contributed by atoms with E-state index in [2.05, 4.69) is 5.32 Å². The van der Waals surface area contributed by atoms with Crippen molar-refractivity contribution in [3.05, 3.63) is 39.4 Å². The highest BCUT2D eigenvalue weighted by Gasteiger charge is 2.32. The Labute approximate surface area is 142 Å². The molecule has 1 aromatic rings. The molecule has 0 radical (unpaired) electrons. The molecule has 1 amide bonds. The van der Waals surface area contributed by atoms with Crippen molar-refractivity contribution < 1.29 is 9.72 Å². The van der Waals surface area contributed by atoms with Crippen molar-refractivity contribution in [2.75, 3.05) is 13.1 Å². The zero-order valence-corrected chi connectivity index (χ0v) is 14.5. The molecule has 2 bridgehead atoms. The maximum absolute atomic E-state index is 12.8. The predicted octanol–water partition coefficient (Wildman–Crippen LogP) is 2.86. The summed E-state index contributed by atoms with van der Waals surface area (Å²) in [6.45, 7) is 7.21. The van der Waals surface area contributed by atoms with Crippen molar-refractivity contribution in [1.29, 1.82) is 0 Å². The lowest BCUT2D eigenvalue weighted by Gasteiger charge is -2.25. The number of hydrogen-bond acceptors (Lipinski definition) is 4. The molecular formula is C18H25N3O3. The number of benzene rings is 1. The standard InChI is InChI=1S/C18H25N3O3/c1-18(2,3)15-7-4-12(10-16(15)21(23)24)17(22)20-9-8-13-5-6-14(11-20)19-13/h4,7,10,13-14,19H,5-6,8-9,11H2,1-3H3. The van der Waals surface area contributed by atoms with Crippen molar-refractivity contribution in [2.24, 2.45) is 0 Å². The van der Waals surface area contributed by atoms with Crippen molar-refractivity contribution in [2.45, 2.75) is 57.5 Å². The molecule has 2 saturated heterocycles. The van der Waals surface area contributed by atoms with Crippen LogP contribution in [0.2, 0.25) is 0 Å². The second-order valence-electron chi connectivity index (χ2n) is 7.92. The molecule has 6 nitrogen and oxygen atoms in total. The first-order valence-corrected chi connectivity index (χ1v) is 8.60. The maximum atomic E-state index is 12.8. The van der Waals surface area contributed by atoms with Crippen LogP contribution in [-0.2, 0) is 5.41 Å². The van der Waals surface area contributed by atoms with Crippen LogP contribution in [-0.4, -0.2) is 40.9 Å². The monoisotopic (exact) mass is 331 g/mol. The largest absolute Gasteiger partial charge is 0.337 e. The summed E-state index contributed by atoms with van der Waals surface area (Å²) in [6.07, 6.45) is 3.22. The van der Waals surface area contributed by atoms with Gasteiger partial charge in [-0.3, -0.25) is 14.9 Å². The molecule has 2 aliphatic rings.